The summed E-state index contributed by atoms with van der Waals surface area (Å²) >= 11 is 0. The molecular formula is C10H12O2. The summed E-state index contributed by atoms with van der Waals surface area (Å²) < 4.78 is 0. The fourth-order valence-corrected chi connectivity index (χ4v) is 3.26. The van der Waals surface area contributed by atoms with Crippen molar-refractivity contribution in [1.29, 1.82) is 0 Å². The van der Waals surface area contributed by atoms with Crippen LogP contribution in [0.4, 0.5) is 0 Å². The van der Waals surface area contributed by atoms with Crippen molar-refractivity contribution in [3.63, 3.8) is 0 Å². The van der Waals surface area contributed by atoms with Gasteiger partial charge in [-0.05, 0) is 36.5 Å². The molecule has 1 spiro atoms. The van der Waals surface area contributed by atoms with Gasteiger partial charge < -0.3 is 5.11 Å². The summed E-state index contributed by atoms with van der Waals surface area (Å²) in [5.41, 5.74) is 0.434. The van der Waals surface area contributed by atoms with Gasteiger partial charge in [-0.1, -0.05) is 12.2 Å². The first kappa shape index (κ1) is 6.70. The Morgan fingerprint density at radius 2 is 2.17 bits per heavy atom. The van der Waals surface area contributed by atoms with Crippen LogP contribution in [0.2, 0.25) is 0 Å². The van der Waals surface area contributed by atoms with E-state index in [4.69, 9.17) is 5.11 Å². The molecule has 1 N–H and O–H groups in total. The molecule has 2 heteroatoms. The largest absolute Gasteiger partial charge is 0.481 e. The highest BCUT2D eigenvalue weighted by Gasteiger charge is 2.64. The maximum absolute atomic E-state index is 10.9. The van der Waals surface area contributed by atoms with Gasteiger partial charge in [-0.2, -0.15) is 0 Å². The second kappa shape index (κ2) is 1.76. The van der Waals surface area contributed by atoms with Gasteiger partial charge in [0.2, 0.25) is 0 Å². The topological polar surface area (TPSA) is 37.3 Å². The minimum atomic E-state index is -0.585. The van der Waals surface area contributed by atoms with E-state index in [0.29, 0.717) is 17.3 Å². The van der Waals surface area contributed by atoms with Crippen LogP contribution in [0.1, 0.15) is 19.3 Å². The van der Waals surface area contributed by atoms with Gasteiger partial charge in [0.15, 0.2) is 0 Å². The summed E-state index contributed by atoms with van der Waals surface area (Å²) in [5, 5.41) is 8.96. The second-order valence-corrected chi connectivity index (χ2v) is 4.43. The van der Waals surface area contributed by atoms with E-state index >= 15 is 0 Å². The van der Waals surface area contributed by atoms with Crippen molar-refractivity contribution in [1.82, 2.24) is 0 Å². The average molecular weight is 164 g/mol. The zero-order valence-electron chi connectivity index (χ0n) is 6.86. The van der Waals surface area contributed by atoms with Crippen molar-refractivity contribution in [2.75, 3.05) is 0 Å². The van der Waals surface area contributed by atoms with Gasteiger partial charge in [0.05, 0.1) is 5.92 Å². The van der Waals surface area contributed by atoms with Gasteiger partial charge in [0, 0.05) is 0 Å². The van der Waals surface area contributed by atoms with Crippen LogP contribution in [-0.2, 0) is 4.79 Å². The number of aliphatic carboxylic acids is 1. The zero-order chi connectivity index (χ0) is 8.34. The first-order valence-corrected chi connectivity index (χ1v) is 4.65. The third kappa shape index (κ3) is 0.563. The van der Waals surface area contributed by atoms with Crippen molar-refractivity contribution >= 4 is 5.97 Å². The lowest BCUT2D eigenvalue weighted by Gasteiger charge is -2.14. The van der Waals surface area contributed by atoms with Crippen molar-refractivity contribution in [3.05, 3.63) is 12.2 Å². The van der Waals surface area contributed by atoms with Gasteiger partial charge in [0.1, 0.15) is 0 Å². The maximum Gasteiger partial charge on any atom is 0.307 e. The molecule has 2 fully saturated rings. The molecule has 0 radical (unpaired) electrons. The molecule has 2 unspecified atom stereocenters. The standard InChI is InChI=1S/C10H12O2/c11-9(12)7-5-6-1-2-8(7)10(6)3-4-10/h1-2,6-8H,3-5H2,(H,11,12)/t6?,7-,8?/m0/s1. The maximum atomic E-state index is 10.9. The molecule has 2 nitrogen and oxygen atoms in total. The Balaban J connectivity index is 1.97. The number of rotatable bonds is 1. The quantitative estimate of drug-likeness (QED) is 0.598. The van der Waals surface area contributed by atoms with Crippen LogP contribution in [0, 0.1) is 23.2 Å². The third-order valence-electron chi connectivity index (χ3n) is 4.04. The third-order valence-corrected chi connectivity index (χ3v) is 4.04. The Morgan fingerprint density at radius 3 is 2.58 bits per heavy atom. The molecule has 3 aliphatic carbocycles. The minimum Gasteiger partial charge on any atom is -0.481 e. The van der Waals surface area contributed by atoms with E-state index in [0.717, 1.165) is 6.42 Å². The molecule has 0 saturated heterocycles. The molecule has 3 rings (SSSR count). The van der Waals surface area contributed by atoms with Crippen LogP contribution < -0.4 is 0 Å². The van der Waals surface area contributed by atoms with Gasteiger partial charge in [-0.15, -0.1) is 0 Å². The second-order valence-electron chi connectivity index (χ2n) is 4.43. The molecule has 0 aliphatic heterocycles. The van der Waals surface area contributed by atoms with E-state index < -0.39 is 5.97 Å². The number of carbonyl (C=O) groups is 1. The van der Waals surface area contributed by atoms with E-state index in [1.807, 2.05) is 0 Å². The fourth-order valence-electron chi connectivity index (χ4n) is 3.26. The van der Waals surface area contributed by atoms with Crippen LogP contribution in [0.25, 0.3) is 0 Å². The van der Waals surface area contributed by atoms with Crippen molar-refractivity contribution in [3.8, 4) is 0 Å². The first-order valence-electron chi connectivity index (χ1n) is 4.65. The lowest BCUT2D eigenvalue weighted by molar-refractivity contribution is -0.142. The minimum absolute atomic E-state index is 0.0671. The van der Waals surface area contributed by atoms with E-state index in [2.05, 4.69) is 12.2 Å². The fraction of sp³-hybridized carbons (Fsp3) is 0.700. The molecule has 0 aromatic heterocycles. The molecule has 3 atom stereocenters. The number of carboxylic acids is 1. The van der Waals surface area contributed by atoms with Crippen LogP contribution in [0.3, 0.4) is 0 Å². The SMILES string of the molecule is O=C(O)[C@H]1CC2C=CC1C21CC1. The van der Waals surface area contributed by atoms with Gasteiger partial charge in [-0.25, -0.2) is 0 Å². The molecule has 2 saturated carbocycles. The van der Waals surface area contributed by atoms with Crippen LogP contribution >= 0.6 is 0 Å². The molecule has 2 bridgehead atoms. The molecule has 0 amide bonds. The summed E-state index contributed by atoms with van der Waals surface area (Å²) in [4.78, 5) is 10.9. The highest BCUT2D eigenvalue weighted by atomic mass is 16.4. The summed E-state index contributed by atoms with van der Waals surface area (Å²) in [6.07, 6.45) is 7.83. The smallest absolute Gasteiger partial charge is 0.307 e. The molecular weight excluding hydrogens is 152 g/mol. The Hall–Kier alpha value is -0.790. The van der Waals surface area contributed by atoms with Crippen molar-refractivity contribution in [2.45, 2.75) is 19.3 Å². The Labute approximate surface area is 71.3 Å². The average Bonchev–Trinajstić information content (AvgIpc) is 2.69. The predicted molar refractivity (Wildman–Crippen MR) is 43.5 cm³/mol. The van der Waals surface area contributed by atoms with E-state index in [1.54, 1.807) is 0 Å². The monoisotopic (exact) mass is 164 g/mol. The Bertz CT molecular complexity index is 276. The molecule has 0 heterocycles. The zero-order valence-corrected chi connectivity index (χ0v) is 6.86. The van der Waals surface area contributed by atoms with Crippen LogP contribution in [0.15, 0.2) is 12.2 Å². The lowest BCUT2D eigenvalue weighted by atomic mass is 9.89. The Kier molecular flexibility index (Phi) is 0.980. The number of hydrogen-bond acceptors (Lipinski definition) is 1. The van der Waals surface area contributed by atoms with Gasteiger partial charge >= 0.3 is 5.97 Å². The van der Waals surface area contributed by atoms with Crippen LogP contribution in [-0.4, -0.2) is 11.1 Å². The highest BCUT2D eigenvalue weighted by Crippen LogP contribution is 2.70. The number of carboxylic acid groups (broad SMARTS) is 1. The molecule has 0 aromatic rings. The molecule has 3 aliphatic rings. The first-order chi connectivity index (χ1) is 5.74. The predicted octanol–water partition coefficient (Wildman–Crippen LogP) is 1.67. The molecule has 64 valence electrons. The van der Waals surface area contributed by atoms with E-state index in [-0.39, 0.29) is 5.92 Å². The summed E-state index contributed by atoms with van der Waals surface area (Å²) in [6.45, 7) is 0. The van der Waals surface area contributed by atoms with Gasteiger partial charge in [0.25, 0.3) is 0 Å². The summed E-state index contributed by atoms with van der Waals surface area (Å²) in [5.74, 6) is 0.323. The summed E-state index contributed by atoms with van der Waals surface area (Å²) in [7, 11) is 0. The van der Waals surface area contributed by atoms with Crippen LogP contribution in [0.5, 0.6) is 0 Å². The van der Waals surface area contributed by atoms with E-state index in [9.17, 15) is 4.79 Å². The van der Waals surface area contributed by atoms with Crippen molar-refractivity contribution < 1.29 is 9.90 Å². The normalized spacial score (nSPS) is 45.5. The summed E-state index contributed by atoms with van der Waals surface area (Å²) in [6, 6.07) is 0. The lowest BCUT2D eigenvalue weighted by Crippen LogP contribution is -2.20. The van der Waals surface area contributed by atoms with Gasteiger partial charge in [-0.3, -0.25) is 4.79 Å². The molecule has 0 aromatic carbocycles. The number of allylic oxidation sites excluding steroid dienone is 2. The number of hydrogen-bond donors (Lipinski definition) is 1. The van der Waals surface area contributed by atoms with Crippen molar-refractivity contribution in [2.24, 2.45) is 23.2 Å². The van der Waals surface area contributed by atoms with E-state index in [1.165, 1.54) is 12.8 Å². The Morgan fingerprint density at radius 1 is 1.42 bits per heavy atom. The highest BCUT2D eigenvalue weighted by molar-refractivity contribution is 5.72. The molecule has 12 heavy (non-hydrogen) atoms.